The molecule has 1 aromatic heterocycles. The van der Waals surface area contributed by atoms with Crippen LogP contribution in [0.5, 0.6) is 0 Å². The largest absolute Gasteiger partial charge is 0.360 e. The molecule has 1 aromatic carbocycles. The van der Waals surface area contributed by atoms with Gasteiger partial charge in [0, 0.05) is 25.0 Å². The predicted octanol–water partition coefficient (Wildman–Crippen LogP) is 2.68. The SMILES string of the molecule is Cc1cc(Nc2ccc(N3C(=O)CCCC3=O)cc2[N+](=O)[O-])no1. The summed E-state index contributed by atoms with van der Waals surface area (Å²) in [5.74, 6) is 0.177. The van der Waals surface area contributed by atoms with E-state index >= 15 is 0 Å². The summed E-state index contributed by atoms with van der Waals surface area (Å²) in [5.41, 5.74) is 0.117. The van der Waals surface area contributed by atoms with Gasteiger partial charge in [0.15, 0.2) is 5.82 Å². The number of aromatic nitrogens is 1. The Balaban J connectivity index is 1.96. The number of benzene rings is 1. The van der Waals surface area contributed by atoms with E-state index in [1.807, 2.05) is 0 Å². The zero-order chi connectivity index (χ0) is 17.3. The second-order valence-electron chi connectivity index (χ2n) is 5.38. The molecule has 0 atom stereocenters. The summed E-state index contributed by atoms with van der Waals surface area (Å²) in [5, 5.41) is 17.9. The zero-order valence-electron chi connectivity index (χ0n) is 12.8. The second kappa shape index (κ2) is 6.11. The normalized spacial score (nSPS) is 14.8. The number of carbonyl (C=O) groups is 2. The van der Waals surface area contributed by atoms with Crippen LogP contribution in [-0.4, -0.2) is 21.9 Å². The molecule has 2 amide bonds. The van der Waals surface area contributed by atoms with Gasteiger partial charge >= 0.3 is 0 Å². The molecule has 1 N–H and O–H groups in total. The minimum atomic E-state index is -0.586. The fourth-order valence-electron chi connectivity index (χ4n) is 2.52. The van der Waals surface area contributed by atoms with Gasteiger partial charge in [-0.2, -0.15) is 0 Å². The topological polar surface area (TPSA) is 119 Å². The molecule has 1 saturated heterocycles. The lowest BCUT2D eigenvalue weighted by Gasteiger charge is -2.24. The van der Waals surface area contributed by atoms with Gasteiger partial charge in [-0.3, -0.25) is 24.6 Å². The fourth-order valence-corrected chi connectivity index (χ4v) is 2.52. The number of hydrogen-bond acceptors (Lipinski definition) is 7. The molecule has 24 heavy (non-hydrogen) atoms. The van der Waals surface area contributed by atoms with Gasteiger partial charge in [-0.15, -0.1) is 0 Å². The molecule has 0 saturated carbocycles. The molecule has 2 heterocycles. The number of nitrogens with one attached hydrogen (secondary N) is 1. The summed E-state index contributed by atoms with van der Waals surface area (Å²) in [6, 6.07) is 5.72. The molecule has 0 aliphatic carbocycles. The molecule has 1 aliphatic heterocycles. The highest BCUT2D eigenvalue weighted by atomic mass is 16.6. The Morgan fingerprint density at radius 1 is 1.25 bits per heavy atom. The minimum absolute atomic E-state index is 0.189. The number of nitrogens with zero attached hydrogens (tertiary/aromatic N) is 3. The van der Waals surface area contributed by atoms with Crippen LogP contribution in [0.2, 0.25) is 0 Å². The molecule has 3 rings (SSSR count). The minimum Gasteiger partial charge on any atom is -0.360 e. The van der Waals surface area contributed by atoms with Crippen molar-refractivity contribution in [1.29, 1.82) is 0 Å². The molecule has 9 heteroatoms. The van der Waals surface area contributed by atoms with Crippen LogP contribution < -0.4 is 10.2 Å². The summed E-state index contributed by atoms with van der Waals surface area (Å²) in [7, 11) is 0. The molecule has 124 valence electrons. The van der Waals surface area contributed by atoms with Gasteiger partial charge in [-0.05, 0) is 25.5 Å². The average molecular weight is 330 g/mol. The lowest BCUT2D eigenvalue weighted by molar-refractivity contribution is -0.383. The molecule has 1 aliphatic rings. The average Bonchev–Trinajstić information content (AvgIpc) is 2.93. The van der Waals surface area contributed by atoms with Gasteiger partial charge < -0.3 is 9.84 Å². The highest BCUT2D eigenvalue weighted by Crippen LogP contribution is 2.33. The van der Waals surface area contributed by atoms with Crippen LogP contribution in [0.3, 0.4) is 0 Å². The number of piperidine rings is 1. The van der Waals surface area contributed by atoms with E-state index in [2.05, 4.69) is 10.5 Å². The van der Waals surface area contributed by atoms with Crippen molar-refractivity contribution in [2.45, 2.75) is 26.2 Å². The zero-order valence-corrected chi connectivity index (χ0v) is 12.8. The standard InChI is InChI=1S/C15H14N4O5/c1-9-7-13(17-24-9)16-11-6-5-10(8-12(11)19(22)23)18-14(20)3-2-4-15(18)21/h5-8H,2-4H2,1H3,(H,16,17). The monoisotopic (exact) mass is 330 g/mol. The predicted molar refractivity (Wildman–Crippen MR) is 84.0 cm³/mol. The van der Waals surface area contributed by atoms with E-state index < -0.39 is 4.92 Å². The lowest BCUT2D eigenvalue weighted by atomic mass is 10.1. The maximum absolute atomic E-state index is 12.0. The maximum Gasteiger partial charge on any atom is 0.294 e. The summed E-state index contributed by atoms with van der Waals surface area (Å²) < 4.78 is 4.90. The Kier molecular flexibility index (Phi) is 3.98. The number of nitro groups is 1. The first-order valence-corrected chi connectivity index (χ1v) is 7.30. The molecule has 0 unspecified atom stereocenters. The molecule has 0 radical (unpaired) electrons. The summed E-state index contributed by atoms with van der Waals surface area (Å²) in [6.07, 6.45) is 0.997. The van der Waals surface area contributed by atoms with Crippen LogP contribution in [0.1, 0.15) is 25.0 Å². The molecular formula is C15H14N4O5. The summed E-state index contributed by atoms with van der Waals surface area (Å²) >= 11 is 0. The smallest absolute Gasteiger partial charge is 0.294 e. The number of hydrogen-bond donors (Lipinski definition) is 1. The van der Waals surface area contributed by atoms with Crippen LogP contribution >= 0.6 is 0 Å². The first-order chi connectivity index (χ1) is 11.5. The van der Waals surface area contributed by atoms with E-state index in [1.165, 1.54) is 18.2 Å². The van der Waals surface area contributed by atoms with Crippen molar-refractivity contribution in [3.63, 3.8) is 0 Å². The number of anilines is 3. The van der Waals surface area contributed by atoms with E-state index in [4.69, 9.17) is 4.52 Å². The van der Waals surface area contributed by atoms with Crippen molar-refractivity contribution in [2.24, 2.45) is 0 Å². The number of rotatable bonds is 4. The maximum atomic E-state index is 12.0. The van der Waals surface area contributed by atoms with E-state index in [0.717, 1.165) is 4.90 Å². The third-order valence-electron chi connectivity index (χ3n) is 3.61. The van der Waals surface area contributed by atoms with Gasteiger partial charge in [0.25, 0.3) is 5.69 Å². The van der Waals surface area contributed by atoms with Crippen LogP contribution in [0.15, 0.2) is 28.8 Å². The fraction of sp³-hybridized carbons (Fsp3) is 0.267. The van der Waals surface area contributed by atoms with Crippen molar-refractivity contribution in [2.75, 3.05) is 10.2 Å². The van der Waals surface area contributed by atoms with Gasteiger partial charge in [-0.1, -0.05) is 5.16 Å². The number of carbonyl (C=O) groups excluding carboxylic acids is 2. The van der Waals surface area contributed by atoms with Crippen LogP contribution in [0, 0.1) is 17.0 Å². The van der Waals surface area contributed by atoms with Crippen molar-refractivity contribution in [3.05, 3.63) is 40.1 Å². The van der Waals surface area contributed by atoms with E-state index in [1.54, 1.807) is 13.0 Å². The Labute approximate surface area is 136 Å². The third kappa shape index (κ3) is 2.96. The summed E-state index contributed by atoms with van der Waals surface area (Å²) in [6.45, 7) is 1.70. The number of nitro benzene ring substituents is 1. The Morgan fingerprint density at radius 3 is 2.54 bits per heavy atom. The highest BCUT2D eigenvalue weighted by Gasteiger charge is 2.29. The first kappa shape index (κ1) is 15.7. The van der Waals surface area contributed by atoms with Crippen molar-refractivity contribution >= 4 is 34.7 Å². The van der Waals surface area contributed by atoms with Gasteiger partial charge in [0.2, 0.25) is 11.8 Å². The quantitative estimate of drug-likeness (QED) is 0.520. The summed E-state index contributed by atoms with van der Waals surface area (Å²) in [4.78, 5) is 35.7. The second-order valence-corrected chi connectivity index (χ2v) is 5.38. The molecule has 1 fully saturated rings. The molecule has 0 bridgehead atoms. The van der Waals surface area contributed by atoms with Gasteiger partial charge in [-0.25, -0.2) is 0 Å². The Hall–Kier alpha value is -3.23. The van der Waals surface area contributed by atoms with Crippen LogP contribution in [0.4, 0.5) is 22.9 Å². The van der Waals surface area contributed by atoms with E-state index in [9.17, 15) is 19.7 Å². The number of aryl methyl sites for hydroxylation is 1. The van der Waals surface area contributed by atoms with Gasteiger partial charge in [0.05, 0.1) is 10.6 Å². The van der Waals surface area contributed by atoms with Crippen LogP contribution in [-0.2, 0) is 9.59 Å². The lowest BCUT2D eigenvalue weighted by Crippen LogP contribution is -2.40. The molecular weight excluding hydrogens is 316 g/mol. The molecule has 9 nitrogen and oxygen atoms in total. The Bertz CT molecular complexity index is 813. The highest BCUT2D eigenvalue weighted by molar-refractivity contribution is 6.16. The molecule has 2 aromatic rings. The number of amides is 2. The van der Waals surface area contributed by atoms with Crippen LogP contribution in [0.25, 0.3) is 0 Å². The van der Waals surface area contributed by atoms with Crippen molar-refractivity contribution < 1.29 is 19.0 Å². The van der Waals surface area contributed by atoms with E-state index in [-0.39, 0.29) is 41.7 Å². The molecule has 0 spiro atoms. The van der Waals surface area contributed by atoms with Crippen molar-refractivity contribution in [1.82, 2.24) is 5.16 Å². The first-order valence-electron chi connectivity index (χ1n) is 7.30. The van der Waals surface area contributed by atoms with Gasteiger partial charge in [0.1, 0.15) is 11.4 Å². The third-order valence-corrected chi connectivity index (χ3v) is 3.61. The van der Waals surface area contributed by atoms with E-state index in [0.29, 0.717) is 18.0 Å². The Morgan fingerprint density at radius 2 is 1.96 bits per heavy atom. The van der Waals surface area contributed by atoms with Crippen molar-refractivity contribution in [3.8, 4) is 0 Å². The number of imide groups is 1.